The fourth-order valence-corrected chi connectivity index (χ4v) is 6.71. The SMILES string of the molecule is COC(=O)C1CC(=O)C2=C(C1)O[C@]1(CC[C@H]3C[C@@H]1C3(C)C)CC2CC(C)C. The average Bonchev–Trinajstić information content (AvgIpc) is 2.59. The van der Waals surface area contributed by atoms with E-state index in [1.807, 2.05) is 0 Å². The van der Waals surface area contributed by atoms with Crippen LogP contribution in [0, 0.1) is 35.0 Å². The normalized spacial score (nSPS) is 39.7. The maximum Gasteiger partial charge on any atom is 0.309 e. The van der Waals surface area contributed by atoms with Crippen molar-refractivity contribution >= 4 is 11.8 Å². The number of hydrogen-bond acceptors (Lipinski definition) is 4. The van der Waals surface area contributed by atoms with E-state index in [0.29, 0.717) is 23.7 Å². The monoisotopic (exact) mass is 374 g/mol. The quantitative estimate of drug-likeness (QED) is 0.674. The molecule has 0 N–H and O–H groups in total. The molecule has 3 fully saturated rings. The number of Topliss-reactive ketones (excluding diaryl/α,β-unsaturated/α-hetero) is 1. The molecule has 1 aliphatic heterocycles. The average molecular weight is 375 g/mol. The van der Waals surface area contributed by atoms with Gasteiger partial charge in [-0.2, -0.15) is 0 Å². The molecule has 0 aromatic heterocycles. The summed E-state index contributed by atoms with van der Waals surface area (Å²) in [5.74, 6) is 2.43. The number of hydrogen-bond donors (Lipinski definition) is 0. The fraction of sp³-hybridized carbons (Fsp3) is 0.826. The molecule has 4 nitrogen and oxygen atoms in total. The number of methoxy groups -OCH3 is 1. The van der Waals surface area contributed by atoms with Crippen molar-refractivity contribution in [3.8, 4) is 0 Å². The Labute approximate surface area is 163 Å². The summed E-state index contributed by atoms with van der Waals surface area (Å²) in [5.41, 5.74) is 1.07. The summed E-state index contributed by atoms with van der Waals surface area (Å²) < 4.78 is 11.7. The van der Waals surface area contributed by atoms with Gasteiger partial charge >= 0.3 is 5.97 Å². The summed E-state index contributed by atoms with van der Waals surface area (Å²) >= 11 is 0. The molecule has 27 heavy (non-hydrogen) atoms. The number of carbonyl (C=O) groups is 2. The minimum absolute atomic E-state index is 0.105. The van der Waals surface area contributed by atoms with Gasteiger partial charge in [0.25, 0.3) is 0 Å². The zero-order valence-corrected chi connectivity index (χ0v) is 17.5. The molecule has 0 saturated heterocycles. The van der Waals surface area contributed by atoms with Crippen LogP contribution in [0.2, 0.25) is 0 Å². The molecule has 1 heterocycles. The third kappa shape index (κ3) is 2.86. The van der Waals surface area contributed by atoms with Crippen LogP contribution in [0.3, 0.4) is 0 Å². The number of rotatable bonds is 3. The van der Waals surface area contributed by atoms with Crippen LogP contribution in [0.15, 0.2) is 11.3 Å². The molecule has 5 rings (SSSR count). The summed E-state index contributed by atoms with van der Waals surface area (Å²) in [4.78, 5) is 25.1. The Morgan fingerprint density at radius 3 is 2.63 bits per heavy atom. The number of ketones is 1. The Kier molecular flexibility index (Phi) is 4.47. The second kappa shape index (κ2) is 6.35. The molecule has 1 spiro atoms. The molecule has 2 unspecified atom stereocenters. The Morgan fingerprint density at radius 1 is 1.30 bits per heavy atom. The van der Waals surface area contributed by atoms with Gasteiger partial charge in [0.1, 0.15) is 11.4 Å². The standard InChI is InChI=1S/C23H34O4/c1-13(2)8-15-12-23(7-6-16-11-19(23)22(16,3)4)27-18-10-14(21(25)26-5)9-17(24)20(15)18/h13-16,19H,6-12H2,1-5H3/t14?,15?,16-,19+,23+/m0/s1. The first-order valence-electron chi connectivity index (χ1n) is 10.7. The van der Waals surface area contributed by atoms with Crippen molar-refractivity contribution in [2.45, 2.75) is 78.2 Å². The Balaban J connectivity index is 1.70. The van der Waals surface area contributed by atoms with Gasteiger partial charge in [-0.3, -0.25) is 9.59 Å². The highest BCUT2D eigenvalue weighted by Crippen LogP contribution is 2.67. The van der Waals surface area contributed by atoms with Gasteiger partial charge in [0.05, 0.1) is 13.0 Å². The maximum atomic E-state index is 13.0. The molecule has 5 atom stereocenters. The van der Waals surface area contributed by atoms with Crippen molar-refractivity contribution in [3.63, 3.8) is 0 Å². The molecule has 3 saturated carbocycles. The molecule has 150 valence electrons. The van der Waals surface area contributed by atoms with E-state index in [2.05, 4.69) is 27.7 Å². The summed E-state index contributed by atoms with van der Waals surface area (Å²) in [6, 6.07) is 0. The lowest BCUT2D eigenvalue weighted by molar-refractivity contribution is -0.225. The zero-order valence-electron chi connectivity index (χ0n) is 17.5. The van der Waals surface area contributed by atoms with E-state index in [1.54, 1.807) is 0 Å². The third-order valence-electron chi connectivity index (χ3n) is 8.10. The van der Waals surface area contributed by atoms with Crippen LogP contribution in [0.1, 0.15) is 72.6 Å². The third-order valence-corrected chi connectivity index (χ3v) is 8.10. The molecule has 2 bridgehead atoms. The highest BCUT2D eigenvalue weighted by molar-refractivity contribution is 6.00. The zero-order chi connectivity index (χ0) is 19.6. The second-order valence-corrected chi connectivity index (χ2v) is 10.4. The highest BCUT2D eigenvalue weighted by Gasteiger charge is 2.64. The van der Waals surface area contributed by atoms with E-state index in [4.69, 9.17) is 9.47 Å². The number of carbonyl (C=O) groups excluding carboxylic acids is 2. The lowest BCUT2D eigenvalue weighted by Crippen LogP contribution is -2.64. The van der Waals surface area contributed by atoms with Crippen LogP contribution >= 0.6 is 0 Å². The van der Waals surface area contributed by atoms with E-state index < -0.39 is 0 Å². The van der Waals surface area contributed by atoms with Crippen LogP contribution < -0.4 is 0 Å². The largest absolute Gasteiger partial charge is 0.491 e. The van der Waals surface area contributed by atoms with Crippen molar-refractivity contribution in [2.75, 3.05) is 7.11 Å². The van der Waals surface area contributed by atoms with Gasteiger partial charge < -0.3 is 9.47 Å². The minimum Gasteiger partial charge on any atom is -0.491 e. The van der Waals surface area contributed by atoms with E-state index in [1.165, 1.54) is 20.0 Å². The lowest BCUT2D eigenvalue weighted by Gasteiger charge is -2.66. The summed E-state index contributed by atoms with van der Waals surface area (Å²) in [7, 11) is 1.40. The predicted molar refractivity (Wildman–Crippen MR) is 103 cm³/mol. The van der Waals surface area contributed by atoms with E-state index in [0.717, 1.165) is 36.5 Å². The molecular formula is C23H34O4. The summed E-state index contributed by atoms with van der Waals surface area (Å²) in [6.07, 6.45) is 6.35. The van der Waals surface area contributed by atoms with Crippen LogP contribution in [0.25, 0.3) is 0 Å². The smallest absolute Gasteiger partial charge is 0.309 e. The number of ether oxygens (including phenoxy) is 2. The topological polar surface area (TPSA) is 52.6 Å². The molecule has 0 amide bonds. The van der Waals surface area contributed by atoms with Crippen LogP contribution in [0.4, 0.5) is 0 Å². The molecule has 4 heteroatoms. The molecule has 4 aliphatic carbocycles. The van der Waals surface area contributed by atoms with E-state index in [9.17, 15) is 9.59 Å². The highest BCUT2D eigenvalue weighted by atomic mass is 16.5. The van der Waals surface area contributed by atoms with Crippen LogP contribution in [-0.4, -0.2) is 24.5 Å². The van der Waals surface area contributed by atoms with Gasteiger partial charge in [0.15, 0.2) is 5.78 Å². The Hall–Kier alpha value is -1.32. The minimum atomic E-state index is -0.387. The van der Waals surface area contributed by atoms with Gasteiger partial charge in [-0.15, -0.1) is 0 Å². The first-order valence-corrected chi connectivity index (χ1v) is 10.7. The van der Waals surface area contributed by atoms with Gasteiger partial charge in [0.2, 0.25) is 0 Å². The van der Waals surface area contributed by atoms with Gasteiger partial charge in [0, 0.05) is 24.3 Å². The Morgan fingerprint density at radius 2 is 2.04 bits per heavy atom. The fourth-order valence-electron chi connectivity index (χ4n) is 6.71. The first kappa shape index (κ1) is 19.0. The van der Waals surface area contributed by atoms with Crippen molar-refractivity contribution in [1.29, 1.82) is 0 Å². The van der Waals surface area contributed by atoms with Gasteiger partial charge in [-0.1, -0.05) is 27.7 Å². The van der Waals surface area contributed by atoms with Crippen LogP contribution in [-0.2, 0) is 19.1 Å². The van der Waals surface area contributed by atoms with Gasteiger partial charge in [-0.25, -0.2) is 0 Å². The van der Waals surface area contributed by atoms with Crippen LogP contribution in [0.5, 0.6) is 0 Å². The number of esters is 1. The van der Waals surface area contributed by atoms with Crippen molar-refractivity contribution < 1.29 is 19.1 Å². The summed E-state index contributed by atoms with van der Waals surface area (Å²) in [5, 5.41) is 0. The lowest BCUT2D eigenvalue weighted by atomic mass is 9.42. The van der Waals surface area contributed by atoms with E-state index in [-0.39, 0.29) is 35.6 Å². The molecule has 0 aromatic carbocycles. The second-order valence-electron chi connectivity index (χ2n) is 10.4. The molecule has 0 radical (unpaired) electrons. The van der Waals surface area contributed by atoms with Crippen molar-refractivity contribution in [1.82, 2.24) is 0 Å². The Bertz CT molecular complexity index is 686. The molecule has 5 aliphatic rings. The first-order chi connectivity index (χ1) is 12.7. The predicted octanol–water partition coefficient (Wildman–Crippen LogP) is 4.67. The molecule has 0 aromatic rings. The van der Waals surface area contributed by atoms with E-state index >= 15 is 0 Å². The number of fused-ring (bicyclic) bond motifs is 1. The number of allylic oxidation sites excluding steroid dienone is 2. The van der Waals surface area contributed by atoms with Gasteiger partial charge in [-0.05, 0) is 55.3 Å². The maximum absolute atomic E-state index is 13.0. The van der Waals surface area contributed by atoms with Crippen molar-refractivity contribution in [2.24, 2.45) is 35.0 Å². The van der Waals surface area contributed by atoms with Crippen molar-refractivity contribution in [3.05, 3.63) is 11.3 Å². The summed E-state index contributed by atoms with van der Waals surface area (Å²) in [6.45, 7) is 9.25. The molecular weight excluding hydrogens is 340 g/mol.